The van der Waals surface area contributed by atoms with E-state index in [1.54, 1.807) is 6.07 Å². The van der Waals surface area contributed by atoms with Crippen LogP contribution in [0.5, 0.6) is 5.75 Å². The fourth-order valence-electron chi connectivity index (χ4n) is 2.20. The van der Waals surface area contributed by atoms with Crippen LogP contribution in [-0.2, 0) is 0 Å². The third kappa shape index (κ3) is 3.10. The number of anilines is 1. The summed E-state index contributed by atoms with van der Waals surface area (Å²) in [4.78, 5) is 5.99. The van der Waals surface area contributed by atoms with Crippen LogP contribution in [0.3, 0.4) is 0 Å². The summed E-state index contributed by atoms with van der Waals surface area (Å²) in [7, 11) is 2.11. The van der Waals surface area contributed by atoms with Gasteiger partial charge in [-0.15, -0.1) is 0 Å². The number of ether oxygens (including phenoxy) is 1. The van der Waals surface area contributed by atoms with E-state index in [0.717, 1.165) is 13.0 Å². The quantitative estimate of drug-likeness (QED) is 0.816. The van der Waals surface area contributed by atoms with Gasteiger partial charge in [0.15, 0.2) is 0 Å². The van der Waals surface area contributed by atoms with Gasteiger partial charge in [0, 0.05) is 18.7 Å². The zero-order valence-corrected chi connectivity index (χ0v) is 10.9. The van der Waals surface area contributed by atoms with Crippen molar-refractivity contribution in [1.29, 1.82) is 0 Å². The van der Waals surface area contributed by atoms with Crippen LogP contribution in [-0.4, -0.2) is 42.7 Å². The molecule has 2 rings (SSSR count). The summed E-state index contributed by atoms with van der Waals surface area (Å²) in [6.45, 7) is 4.33. The Bertz CT molecular complexity index is 400. The van der Waals surface area contributed by atoms with Crippen molar-refractivity contribution in [1.82, 2.24) is 9.88 Å². The molecule has 0 aliphatic carbocycles. The number of aromatic nitrogens is 1. The molecule has 0 amide bonds. The normalized spacial score (nSPS) is 20.1. The Morgan fingerprint density at radius 1 is 1.61 bits per heavy atom. The summed E-state index contributed by atoms with van der Waals surface area (Å²) in [6, 6.07) is 2.12. The van der Waals surface area contributed by atoms with Crippen LogP contribution >= 0.6 is 0 Å². The minimum atomic E-state index is -0.484. The minimum Gasteiger partial charge on any atom is -0.490 e. The number of pyridine rings is 1. The van der Waals surface area contributed by atoms with E-state index in [1.807, 2.05) is 6.92 Å². The largest absolute Gasteiger partial charge is 0.490 e. The number of hydrogen-bond acceptors (Lipinski definition) is 4. The molecule has 18 heavy (non-hydrogen) atoms. The summed E-state index contributed by atoms with van der Waals surface area (Å²) in [5, 5.41) is 2.93. The third-order valence-corrected chi connectivity index (χ3v) is 3.30. The van der Waals surface area contributed by atoms with Crippen molar-refractivity contribution in [3.8, 4) is 5.75 Å². The third-order valence-electron chi connectivity index (χ3n) is 3.30. The second-order valence-corrected chi connectivity index (χ2v) is 4.63. The van der Waals surface area contributed by atoms with Gasteiger partial charge >= 0.3 is 0 Å². The van der Waals surface area contributed by atoms with Gasteiger partial charge in [0.05, 0.1) is 11.9 Å². The molecule has 0 radical (unpaired) electrons. The molecule has 0 unspecified atom stereocenters. The number of likely N-dealkylation sites (N-methyl/N-ethyl adjacent to an activating group) is 1. The topological polar surface area (TPSA) is 37.4 Å². The first-order valence-electron chi connectivity index (χ1n) is 6.43. The van der Waals surface area contributed by atoms with Crippen LogP contribution in [0.2, 0.25) is 0 Å². The number of likely N-dealkylation sites (tertiary alicyclic amines) is 1. The molecule has 1 atom stereocenters. The number of rotatable bonds is 5. The molecule has 1 N–H and O–H groups in total. The second-order valence-electron chi connectivity index (χ2n) is 4.63. The van der Waals surface area contributed by atoms with Gasteiger partial charge < -0.3 is 15.0 Å². The standard InChI is InChI=1S/C13H20FN3O/c1-3-15-12-7-11(8-16-13(12)14)18-9-10-5-4-6-17(10)2/h7-8,10,15H,3-6,9H2,1-2H3/t10-/m1/s1. The Morgan fingerprint density at radius 3 is 3.11 bits per heavy atom. The molecule has 0 bridgehead atoms. The summed E-state index contributed by atoms with van der Waals surface area (Å²) >= 11 is 0. The number of nitrogens with one attached hydrogen (secondary N) is 1. The fourth-order valence-corrected chi connectivity index (χ4v) is 2.20. The van der Waals surface area contributed by atoms with Gasteiger partial charge in [0.2, 0.25) is 5.95 Å². The van der Waals surface area contributed by atoms with Crippen molar-refractivity contribution in [2.24, 2.45) is 0 Å². The highest BCUT2D eigenvalue weighted by atomic mass is 19.1. The van der Waals surface area contributed by atoms with Crippen molar-refractivity contribution in [3.63, 3.8) is 0 Å². The molecule has 1 aromatic heterocycles. The molecular formula is C13H20FN3O. The zero-order chi connectivity index (χ0) is 13.0. The maximum absolute atomic E-state index is 13.3. The highest BCUT2D eigenvalue weighted by molar-refractivity contribution is 5.46. The van der Waals surface area contributed by atoms with Gasteiger partial charge in [-0.1, -0.05) is 0 Å². The Balaban J connectivity index is 1.94. The van der Waals surface area contributed by atoms with E-state index in [1.165, 1.54) is 12.6 Å². The molecule has 0 saturated carbocycles. The maximum Gasteiger partial charge on any atom is 0.236 e. The first-order chi connectivity index (χ1) is 8.70. The van der Waals surface area contributed by atoms with Crippen molar-refractivity contribution in [2.75, 3.05) is 32.1 Å². The summed E-state index contributed by atoms with van der Waals surface area (Å²) < 4.78 is 19.0. The first-order valence-corrected chi connectivity index (χ1v) is 6.43. The van der Waals surface area contributed by atoms with Crippen LogP contribution < -0.4 is 10.1 Å². The number of halogens is 1. The molecule has 1 aliphatic heterocycles. The molecule has 1 aliphatic rings. The van der Waals surface area contributed by atoms with Crippen molar-refractivity contribution in [2.45, 2.75) is 25.8 Å². The van der Waals surface area contributed by atoms with Crippen molar-refractivity contribution < 1.29 is 9.13 Å². The Kier molecular flexibility index (Phi) is 4.36. The van der Waals surface area contributed by atoms with Crippen LogP contribution in [0.1, 0.15) is 19.8 Å². The Labute approximate surface area is 107 Å². The second kappa shape index (κ2) is 6.00. The molecule has 2 heterocycles. The summed E-state index contributed by atoms with van der Waals surface area (Å²) in [5.74, 6) is 0.134. The highest BCUT2D eigenvalue weighted by Crippen LogP contribution is 2.21. The maximum atomic E-state index is 13.3. The lowest BCUT2D eigenvalue weighted by atomic mass is 10.2. The van der Waals surface area contributed by atoms with Crippen LogP contribution in [0.15, 0.2) is 12.3 Å². The molecule has 1 aromatic rings. The van der Waals surface area contributed by atoms with E-state index in [9.17, 15) is 4.39 Å². The van der Waals surface area contributed by atoms with E-state index in [4.69, 9.17) is 4.74 Å². The van der Waals surface area contributed by atoms with Gasteiger partial charge in [0.1, 0.15) is 12.4 Å². The first kappa shape index (κ1) is 13.1. The van der Waals surface area contributed by atoms with Crippen LogP contribution in [0, 0.1) is 5.95 Å². The average Bonchev–Trinajstić information content (AvgIpc) is 2.76. The van der Waals surface area contributed by atoms with Crippen molar-refractivity contribution in [3.05, 3.63) is 18.2 Å². The average molecular weight is 253 g/mol. The molecular weight excluding hydrogens is 233 g/mol. The molecule has 1 saturated heterocycles. The Morgan fingerprint density at radius 2 is 2.44 bits per heavy atom. The molecule has 0 aromatic carbocycles. The van der Waals surface area contributed by atoms with E-state index in [-0.39, 0.29) is 0 Å². The Hall–Kier alpha value is -1.36. The lowest BCUT2D eigenvalue weighted by molar-refractivity contribution is 0.197. The lowest BCUT2D eigenvalue weighted by Gasteiger charge is -2.19. The molecule has 5 heteroatoms. The molecule has 1 fully saturated rings. The van der Waals surface area contributed by atoms with Gasteiger partial charge in [-0.05, 0) is 33.4 Å². The van der Waals surface area contributed by atoms with Gasteiger partial charge in [-0.2, -0.15) is 4.39 Å². The monoisotopic (exact) mass is 253 g/mol. The summed E-state index contributed by atoms with van der Waals surface area (Å²) in [6.07, 6.45) is 3.81. The predicted octanol–water partition coefficient (Wildman–Crippen LogP) is 2.13. The van der Waals surface area contributed by atoms with Crippen LogP contribution in [0.25, 0.3) is 0 Å². The smallest absolute Gasteiger partial charge is 0.236 e. The van der Waals surface area contributed by atoms with E-state index in [2.05, 4.69) is 22.2 Å². The SMILES string of the molecule is CCNc1cc(OC[C@H]2CCCN2C)cnc1F. The van der Waals surface area contributed by atoms with E-state index < -0.39 is 5.95 Å². The fraction of sp³-hybridized carbons (Fsp3) is 0.615. The zero-order valence-electron chi connectivity index (χ0n) is 10.9. The number of hydrogen-bond donors (Lipinski definition) is 1. The van der Waals surface area contributed by atoms with E-state index in [0.29, 0.717) is 30.6 Å². The summed E-state index contributed by atoms with van der Waals surface area (Å²) in [5.41, 5.74) is 0.398. The van der Waals surface area contributed by atoms with E-state index >= 15 is 0 Å². The lowest BCUT2D eigenvalue weighted by Crippen LogP contribution is -2.30. The predicted molar refractivity (Wildman–Crippen MR) is 69.5 cm³/mol. The number of nitrogens with zero attached hydrogens (tertiary/aromatic N) is 2. The molecule has 0 spiro atoms. The molecule has 100 valence electrons. The van der Waals surface area contributed by atoms with Gasteiger partial charge in [0.25, 0.3) is 0 Å². The molecule has 4 nitrogen and oxygen atoms in total. The van der Waals surface area contributed by atoms with Gasteiger partial charge in [-0.3, -0.25) is 0 Å². The van der Waals surface area contributed by atoms with Crippen molar-refractivity contribution >= 4 is 5.69 Å². The minimum absolute atomic E-state index is 0.398. The van der Waals surface area contributed by atoms with Gasteiger partial charge in [-0.25, -0.2) is 4.98 Å². The van der Waals surface area contributed by atoms with Crippen LogP contribution in [0.4, 0.5) is 10.1 Å². The highest BCUT2D eigenvalue weighted by Gasteiger charge is 2.21.